The number of alkyl halides is 2. The highest BCUT2D eigenvalue weighted by Crippen LogP contribution is 2.21. The molecule has 0 spiro atoms. The number of amides is 1. The zero-order chi connectivity index (χ0) is 11.3. The van der Waals surface area contributed by atoms with Crippen LogP contribution in [-0.2, 0) is 11.2 Å². The predicted molar refractivity (Wildman–Crippen MR) is 64.7 cm³/mol. The van der Waals surface area contributed by atoms with Gasteiger partial charge in [0.15, 0.2) is 0 Å². The van der Waals surface area contributed by atoms with Crippen LogP contribution < -0.4 is 4.90 Å². The van der Waals surface area contributed by atoms with Gasteiger partial charge in [0.05, 0.1) is 0 Å². The molecule has 0 saturated carbocycles. The highest BCUT2D eigenvalue weighted by molar-refractivity contribution is 6.31. The Labute approximate surface area is 99.8 Å². The Morgan fingerprint density at radius 3 is 2.53 bits per heavy atom. The molecular formula is C11H13Cl2NO. The second kappa shape index (κ2) is 5.99. The van der Waals surface area contributed by atoms with Crippen molar-refractivity contribution in [2.75, 3.05) is 16.8 Å². The van der Waals surface area contributed by atoms with Crippen molar-refractivity contribution in [3.05, 3.63) is 29.8 Å². The summed E-state index contributed by atoms with van der Waals surface area (Å²) in [7, 11) is 0. The zero-order valence-electron chi connectivity index (χ0n) is 8.54. The molecule has 0 saturated heterocycles. The van der Waals surface area contributed by atoms with E-state index in [1.165, 1.54) is 4.90 Å². The number of benzene rings is 1. The van der Waals surface area contributed by atoms with E-state index < -0.39 is 0 Å². The van der Waals surface area contributed by atoms with Crippen LogP contribution in [0.4, 0.5) is 5.69 Å². The summed E-state index contributed by atoms with van der Waals surface area (Å²) in [5.74, 6) is -0.224. The molecule has 0 aliphatic rings. The van der Waals surface area contributed by atoms with E-state index in [9.17, 15) is 4.79 Å². The third-order valence-corrected chi connectivity index (χ3v) is 2.67. The number of hydrogen-bond donors (Lipinski definition) is 0. The van der Waals surface area contributed by atoms with E-state index in [4.69, 9.17) is 23.2 Å². The molecule has 0 aromatic heterocycles. The Hall–Kier alpha value is -0.730. The second-order valence-electron chi connectivity index (χ2n) is 3.06. The Morgan fingerprint density at radius 1 is 1.33 bits per heavy atom. The number of halogens is 2. The van der Waals surface area contributed by atoms with Gasteiger partial charge in [0.2, 0.25) is 5.91 Å². The number of rotatable bonds is 4. The van der Waals surface area contributed by atoms with E-state index in [2.05, 4.69) is 0 Å². The molecule has 82 valence electrons. The Bertz CT molecular complexity index is 341. The van der Waals surface area contributed by atoms with Gasteiger partial charge in [-0.1, -0.05) is 25.1 Å². The minimum absolute atomic E-state index is 0.0508. The van der Waals surface area contributed by atoms with Crippen LogP contribution >= 0.6 is 23.2 Å². The molecule has 0 N–H and O–H groups in total. The van der Waals surface area contributed by atoms with Crippen molar-refractivity contribution in [3.63, 3.8) is 0 Å². The van der Waals surface area contributed by atoms with E-state index in [1.54, 1.807) is 0 Å². The van der Waals surface area contributed by atoms with Crippen molar-refractivity contribution in [1.29, 1.82) is 0 Å². The van der Waals surface area contributed by atoms with Crippen LogP contribution in [-0.4, -0.2) is 17.8 Å². The molecule has 0 aliphatic heterocycles. The maximum absolute atomic E-state index is 11.5. The summed E-state index contributed by atoms with van der Waals surface area (Å²) in [6.07, 6.45) is 0.860. The molecule has 0 unspecified atom stereocenters. The average Bonchev–Trinajstić information content (AvgIpc) is 2.30. The van der Waals surface area contributed by atoms with Gasteiger partial charge in [-0.15, -0.1) is 23.2 Å². The van der Waals surface area contributed by atoms with Gasteiger partial charge in [0.1, 0.15) is 11.9 Å². The Morgan fingerprint density at radius 2 is 2.00 bits per heavy atom. The smallest absolute Gasteiger partial charge is 0.242 e. The monoisotopic (exact) mass is 245 g/mol. The lowest BCUT2D eigenvalue weighted by molar-refractivity contribution is -0.116. The standard InChI is InChI=1S/C11H13Cl2NO/c1-2-9-5-3-4-6-10(9)14(8-13)11(15)7-12/h3-6H,2,7-8H2,1H3. The largest absolute Gasteiger partial charge is 0.297 e. The van der Waals surface area contributed by atoms with E-state index in [0.29, 0.717) is 0 Å². The number of aryl methyl sites for hydroxylation is 1. The summed E-state index contributed by atoms with van der Waals surface area (Å²) in [4.78, 5) is 13.0. The molecule has 0 aliphatic carbocycles. The topological polar surface area (TPSA) is 20.3 Å². The van der Waals surface area contributed by atoms with Crippen molar-refractivity contribution < 1.29 is 4.79 Å². The maximum atomic E-state index is 11.5. The SMILES string of the molecule is CCc1ccccc1N(CCl)C(=O)CCl. The van der Waals surface area contributed by atoms with Crippen molar-refractivity contribution in [2.45, 2.75) is 13.3 Å². The molecule has 1 aromatic rings. The van der Waals surface area contributed by atoms with Gasteiger partial charge in [0.25, 0.3) is 0 Å². The number of carbonyl (C=O) groups is 1. The average molecular weight is 246 g/mol. The zero-order valence-corrected chi connectivity index (χ0v) is 10.1. The third-order valence-electron chi connectivity index (χ3n) is 2.20. The number of hydrogen-bond acceptors (Lipinski definition) is 1. The highest BCUT2D eigenvalue weighted by atomic mass is 35.5. The normalized spacial score (nSPS) is 10.1. The first kappa shape index (κ1) is 12.3. The van der Waals surface area contributed by atoms with Gasteiger partial charge in [-0.2, -0.15) is 0 Å². The summed E-state index contributed by atoms with van der Waals surface area (Å²) in [6, 6.07) is 7.82. The fourth-order valence-electron chi connectivity index (χ4n) is 1.41. The minimum Gasteiger partial charge on any atom is -0.297 e. The lowest BCUT2D eigenvalue weighted by atomic mass is 10.1. The van der Waals surface area contributed by atoms with Gasteiger partial charge in [-0.3, -0.25) is 9.69 Å². The lowest BCUT2D eigenvalue weighted by Crippen LogP contribution is -2.31. The van der Waals surface area contributed by atoms with Crippen LogP contribution in [0.3, 0.4) is 0 Å². The molecular weight excluding hydrogens is 233 g/mol. The van der Waals surface area contributed by atoms with Gasteiger partial charge in [0, 0.05) is 5.69 Å². The van der Waals surface area contributed by atoms with Gasteiger partial charge in [-0.05, 0) is 18.1 Å². The van der Waals surface area contributed by atoms with Crippen LogP contribution in [0.5, 0.6) is 0 Å². The number of anilines is 1. The van der Waals surface area contributed by atoms with Crippen LogP contribution in [0, 0.1) is 0 Å². The molecule has 0 heterocycles. The second-order valence-corrected chi connectivity index (χ2v) is 3.56. The van der Waals surface area contributed by atoms with Crippen LogP contribution in [0.2, 0.25) is 0 Å². The fourth-order valence-corrected chi connectivity index (χ4v) is 1.82. The van der Waals surface area contributed by atoms with Crippen molar-refractivity contribution in [3.8, 4) is 0 Å². The van der Waals surface area contributed by atoms with Gasteiger partial charge in [-0.25, -0.2) is 0 Å². The maximum Gasteiger partial charge on any atom is 0.242 e. The molecule has 2 nitrogen and oxygen atoms in total. The molecule has 0 bridgehead atoms. The van der Waals surface area contributed by atoms with Crippen LogP contribution in [0.25, 0.3) is 0 Å². The first-order chi connectivity index (χ1) is 7.24. The highest BCUT2D eigenvalue weighted by Gasteiger charge is 2.15. The van der Waals surface area contributed by atoms with E-state index >= 15 is 0 Å². The van der Waals surface area contributed by atoms with Crippen LogP contribution in [0.15, 0.2) is 24.3 Å². The molecule has 0 atom stereocenters. The van der Waals surface area contributed by atoms with Gasteiger partial charge < -0.3 is 0 Å². The summed E-state index contributed by atoms with van der Waals surface area (Å²) in [5.41, 5.74) is 1.94. The van der Waals surface area contributed by atoms with E-state index in [0.717, 1.165) is 17.7 Å². The molecule has 0 radical (unpaired) electrons. The molecule has 15 heavy (non-hydrogen) atoms. The molecule has 0 fully saturated rings. The number of para-hydroxylation sites is 1. The molecule has 1 rings (SSSR count). The Kier molecular flexibility index (Phi) is 4.92. The predicted octanol–water partition coefficient (Wildman–Crippen LogP) is 3.02. The van der Waals surface area contributed by atoms with Crippen LogP contribution in [0.1, 0.15) is 12.5 Å². The minimum atomic E-state index is -0.174. The van der Waals surface area contributed by atoms with E-state index in [-0.39, 0.29) is 17.8 Å². The fraction of sp³-hybridized carbons (Fsp3) is 0.364. The number of nitrogens with zero attached hydrogens (tertiary/aromatic N) is 1. The molecule has 1 aromatic carbocycles. The summed E-state index contributed by atoms with van der Waals surface area (Å²) < 4.78 is 0. The third kappa shape index (κ3) is 2.86. The summed E-state index contributed by atoms with van der Waals surface area (Å²) in [6.45, 7) is 2.04. The summed E-state index contributed by atoms with van der Waals surface area (Å²) in [5, 5.41) is 0. The van der Waals surface area contributed by atoms with Crippen molar-refractivity contribution in [1.82, 2.24) is 0 Å². The lowest BCUT2D eigenvalue weighted by Gasteiger charge is -2.21. The Balaban J connectivity index is 3.05. The van der Waals surface area contributed by atoms with Crippen molar-refractivity contribution in [2.24, 2.45) is 0 Å². The first-order valence-electron chi connectivity index (χ1n) is 4.74. The molecule has 4 heteroatoms. The first-order valence-corrected chi connectivity index (χ1v) is 5.81. The quantitative estimate of drug-likeness (QED) is 0.590. The van der Waals surface area contributed by atoms with E-state index in [1.807, 2.05) is 31.2 Å². The van der Waals surface area contributed by atoms with Gasteiger partial charge >= 0.3 is 0 Å². The number of carbonyl (C=O) groups excluding carboxylic acids is 1. The summed E-state index contributed by atoms with van der Waals surface area (Å²) >= 11 is 11.3. The van der Waals surface area contributed by atoms with Crippen molar-refractivity contribution >= 4 is 34.8 Å². The molecule has 1 amide bonds.